The highest BCUT2D eigenvalue weighted by Gasteiger charge is 2.08. The standard InChI is InChI=1S/C15H12F2N2O/c1-19-9-10-2-3-15(11(4-10)8-18)20-14-6-12(16)5-13(17)7-14/h2-7,19H,9H2,1H3. The minimum absolute atomic E-state index is 0.0142. The van der Waals surface area contributed by atoms with Gasteiger partial charge in [0.1, 0.15) is 29.2 Å². The molecule has 0 saturated heterocycles. The molecule has 0 atom stereocenters. The van der Waals surface area contributed by atoms with E-state index in [4.69, 9.17) is 10.00 Å². The predicted molar refractivity (Wildman–Crippen MR) is 70.4 cm³/mol. The average molecular weight is 274 g/mol. The number of nitrogens with zero attached hydrogens (tertiary/aromatic N) is 1. The van der Waals surface area contributed by atoms with Crippen molar-refractivity contribution in [3.8, 4) is 17.6 Å². The molecule has 3 nitrogen and oxygen atoms in total. The first-order valence-electron chi connectivity index (χ1n) is 5.94. The summed E-state index contributed by atoms with van der Waals surface area (Å²) in [6.45, 7) is 0.615. The maximum atomic E-state index is 13.1. The fraction of sp³-hybridized carbons (Fsp3) is 0.133. The number of nitriles is 1. The molecule has 0 unspecified atom stereocenters. The molecule has 0 aromatic heterocycles. The molecule has 0 radical (unpaired) electrons. The SMILES string of the molecule is CNCc1ccc(Oc2cc(F)cc(F)c2)c(C#N)c1. The van der Waals surface area contributed by atoms with Gasteiger partial charge in [-0.15, -0.1) is 0 Å². The summed E-state index contributed by atoms with van der Waals surface area (Å²) < 4.78 is 31.5. The fourth-order valence-electron chi connectivity index (χ4n) is 1.78. The molecule has 102 valence electrons. The molecule has 2 aromatic carbocycles. The Hall–Kier alpha value is -2.45. The van der Waals surface area contributed by atoms with Crippen molar-refractivity contribution in [3.05, 3.63) is 59.2 Å². The molecule has 0 aliphatic rings. The Morgan fingerprint density at radius 3 is 2.45 bits per heavy atom. The summed E-state index contributed by atoms with van der Waals surface area (Å²) in [5.74, 6) is -1.19. The van der Waals surface area contributed by atoms with Gasteiger partial charge >= 0.3 is 0 Å². The molecule has 2 rings (SSSR count). The van der Waals surface area contributed by atoms with Crippen molar-refractivity contribution in [2.45, 2.75) is 6.54 Å². The molecule has 1 N–H and O–H groups in total. The maximum absolute atomic E-state index is 13.1. The topological polar surface area (TPSA) is 45.0 Å². The number of rotatable bonds is 4. The van der Waals surface area contributed by atoms with E-state index in [-0.39, 0.29) is 11.5 Å². The van der Waals surface area contributed by atoms with Gasteiger partial charge in [0.25, 0.3) is 0 Å². The maximum Gasteiger partial charge on any atom is 0.145 e. The molecule has 0 heterocycles. The van der Waals surface area contributed by atoms with Gasteiger partial charge in [-0.2, -0.15) is 5.26 Å². The van der Waals surface area contributed by atoms with Crippen molar-refractivity contribution >= 4 is 0 Å². The van der Waals surface area contributed by atoms with Crippen LogP contribution in [0.5, 0.6) is 11.5 Å². The van der Waals surface area contributed by atoms with Gasteiger partial charge in [0.15, 0.2) is 0 Å². The quantitative estimate of drug-likeness (QED) is 0.930. The first-order valence-corrected chi connectivity index (χ1v) is 5.94. The molecule has 0 bridgehead atoms. The largest absolute Gasteiger partial charge is 0.456 e. The molecule has 2 aromatic rings. The highest BCUT2D eigenvalue weighted by Crippen LogP contribution is 2.27. The van der Waals surface area contributed by atoms with Crippen LogP contribution in [0.25, 0.3) is 0 Å². The number of ether oxygens (including phenoxy) is 1. The summed E-state index contributed by atoms with van der Waals surface area (Å²) in [7, 11) is 1.80. The lowest BCUT2D eigenvalue weighted by atomic mass is 10.1. The van der Waals surface area contributed by atoms with Gasteiger partial charge in [-0.25, -0.2) is 8.78 Å². The lowest BCUT2D eigenvalue weighted by Crippen LogP contribution is -2.05. The second-order valence-electron chi connectivity index (χ2n) is 4.18. The molecule has 5 heteroatoms. The number of hydrogen-bond acceptors (Lipinski definition) is 3. The van der Waals surface area contributed by atoms with Gasteiger partial charge in [-0.05, 0) is 24.7 Å². The third-order valence-corrected chi connectivity index (χ3v) is 2.61. The first kappa shape index (κ1) is 14.0. The second kappa shape index (κ2) is 6.13. The summed E-state index contributed by atoms with van der Waals surface area (Å²) in [6.07, 6.45) is 0. The van der Waals surface area contributed by atoms with Crippen LogP contribution in [-0.4, -0.2) is 7.05 Å². The van der Waals surface area contributed by atoms with Gasteiger partial charge < -0.3 is 10.1 Å². The van der Waals surface area contributed by atoms with Crippen LogP contribution in [0, 0.1) is 23.0 Å². The Morgan fingerprint density at radius 2 is 1.85 bits per heavy atom. The molecule has 0 spiro atoms. The van der Waals surface area contributed by atoms with Crippen LogP contribution >= 0.6 is 0 Å². The van der Waals surface area contributed by atoms with Crippen LogP contribution in [0.2, 0.25) is 0 Å². The minimum atomic E-state index is -0.731. The van der Waals surface area contributed by atoms with Crippen LogP contribution in [0.1, 0.15) is 11.1 Å². The van der Waals surface area contributed by atoms with E-state index in [1.807, 2.05) is 6.07 Å². The van der Waals surface area contributed by atoms with Crippen LogP contribution in [0.15, 0.2) is 36.4 Å². The number of hydrogen-bond donors (Lipinski definition) is 1. The normalized spacial score (nSPS) is 10.1. The zero-order valence-electron chi connectivity index (χ0n) is 10.8. The van der Waals surface area contributed by atoms with E-state index < -0.39 is 11.6 Å². The lowest BCUT2D eigenvalue weighted by Gasteiger charge is -2.09. The Morgan fingerprint density at radius 1 is 1.15 bits per heavy atom. The van der Waals surface area contributed by atoms with Gasteiger partial charge in [-0.1, -0.05) is 6.07 Å². The molecular weight excluding hydrogens is 262 g/mol. The van der Waals surface area contributed by atoms with Crippen molar-refractivity contribution in [2.24, 2.45) is 0 Å². The zero-order valence-corrected chi connectivity index (χ0v) is 10.8. The summed E-state index contributed by atoms with van der Waals surface area (Å²) in [6, 6.07) is 9.94. The first-order chi connectivity index (χ1) is 9.62. The van der Waals surface area contributed by atoms with E-state index in [9.17, 15) is 8.78 Å². The van der Waals surface area contributed by atoms with Crippen LogP contribution in [0.3, 0.4) is 0 Å². The Bertz CT molecular complexity index is 645. The molecule has 0 aliphatic carbocycles. The highest BCUT2D eigenvalue weighted by molar-refractivity contribution is 5.47. The summed E-state index contributed by atoms with van der Waals surface area (Å²) in [5.41, 5.74) is 1.23. The van der Waals surface area contributed by atoms with Gasteiger partial charge in [0.05, 0.1) is 5.56 Å². The van der Waals surface area contributed by atoms with E-state index in [0.717, 1.165) is 23.8 Å². The molecule has 0 aliphatic heterocycles. The molecular formula is C15H12F2N2O. The minimum Gasteiger partial charge on any atom is -0.456 e. The smallest absolute Gasteiger partial charge is 0.145 e. The predicted octanol–water partition coefficient (Wildman–Crippen LogP) is 3.35. The molecule has 20 heavy (non-hydrogen) atoms. The Kier molecular flexibility index (Phi) is 4.28. The summed E-state index contributed by atoms with van der Waals surface area (Å²) in [4.78, 5) is 0. The highest BCUT2D eigenvalue weighted by atomic mass is 19.1. The zero-order chi connectivity index (χ0) is 14.5. The summed E-state index contributed by atoms with van der Waals surface area (Å²) in [5, 5.41) is 12.1. The lowest BCUT2D eigenvalue weighted by molar-refractivity contribution is 0.466. The number of nitrogens with one attached hydrogen (secondary N) is 1. The van der Waals surface area contributed by atoms with Gasteiger partial charge in [0.2, 0.25) is 0 Å². The van der Waals surface area contributed by atoms with E-state index in [0.29, 0.717) is 12.1 Å². The average Bonchev–Trinajstić information content (AvgIpc) is 2.39. The van der Waals surface area contributed by atoms with Gasteiger partial charge in [0, 0.05) is 24.7 Å². The van der Waals surface area contributed by atoms with E-state index in [1.54, 1.807) is 25.2 Å². The van der Waals surface area contributed by atoms with Gasteiger partial charge in [-0.3, -0.25) is 0 Å². The van der Waals surface area contributed by atoms with Crippen molar-refractivity contribution in [1.29, 1.82) is 5.26 Å². The van der Waals surface area contributed by atoms with Crippen LogP contribution in [-0.2, 0) is 6.54 Å². The fourth-order valence-corrected chi connectivity index (χ4v) is 1.78. The van der Waals surface area contributed by atoms with Crippen molar-refractivity contribution in [3.63, 3.8) is 0 Å². The van der Waals surface area contributed by atoms with Crippen LogP contribution in [0.4, 0.5) is 8.78 Å². The summed E-state index contributed by atoms with van der Waals surface area (Å²) >= 11 is 0. The van der Waals surface area contributed by atoms with Crippen LogP contribution < -0.4 is 10.1 Å². The molecule has 0 saturated carbocycles. The number of benzene rings is 2. The van der Waals surface area contributed by atoms with E-state index in [1.165, 1.54) is 0 Å². The third kappa shape index (κ3) is 3.31. The molecule has 0 amide bonds. The van der Waals surface area contributed by atoms with Crippen molar-refractivity contribution in [2.75, 3.05) is 7.05 Å². The number of halogens is 2. The molecule has 0 fully saturated rings. The second-order valence-corrected chi connectivity index (χ2v) is 4.18. The monoisotopic (exact) mass is 274 g/mol. The van der Waals surface area contributed by atoms with E-state index in [2.05, 4.69) is 5.32 Å². The van der Waals surface area contributed by atoms with Crippen molar-refractivity contribution in [1.82, 2.24) is 5.32 Å². The van der Waals surface area contributed by atoms with Crippen molar-refractivity contribution < 1.29 is 13.5 Å². The third-order valence-electron chi connectivity index (χ3n) is 2.61. The Labute approximate surface area is 115 Å². The van der Waals surface area contributed by atoms with E-state index >= 15 is 0 Å². The Balaban J connectivity index is 2.31.